The molecule has 0 atom stereocenters. The van der Waals surface area contributed by atoms with Gasteiger partial charge in [-0.05, 0) is 12.1 Å². The summed E-state index contributed by atoms with van der Waals surface area (Å²) in [4.78, 5) is 15.3. The predicted octanol–water partition coefficient (Wildman–Crippen LogP) is 1.58. The second-order valence-corrected chi connectivity index (χ2v) is 3.39. The number of rotatable bonds is 2. The van der Waals surface area contributed by atoms with Gasteiger partial charge >= 0.3 is 6.03 Å². The second kappa shape index (κ2) is 4.47. The summed E-state index contributed by atoms with van der Waals surface area (Å²) in [6.07, 6.45) is 4.67. The van der Waals surface area contributed by atoms with Crippen LogP contribution in [0.3, 0.4) is 0 Å². The molecule has 2 rings (SSSR count). The van der Waals surface area contributed by atoms with E-state index < -0.39 is 0 Å². The molecule has 0 aromatic carbocycles. The van der Waals surface area contributed by atoms with Gasteiger partial charge in [0.25, 0.3) is 0 Å². The molecule has 0 radical (unpaired) electrons. The van der Waals surface area contributed by atoms with Gasteiger partial charge in [0.15, 0.2) is 0 Å². The zero-order valence-electron chi connectivity index (χ0n) is 7.54. The third-order valence-corrected chi connectivity index (χ3v) is 2.10. The van der Waals surface area contributed by atoms with Crippen molar-refractivity contribution in [1.29, 1.82) is 0 Å². The Hall–Kier alpha value is -2.02. The number of nitrogens with zero attached hydrogens (tertiary/aromatic N) is 3. The topological polar surface area (TPSA) is 79.8 Å². The summed E-state index contributed by atoms with van der Waals surface area (Å²) in [5, 5.41) is 9.39. The quantitative estimate of drug-likeness (QED) is 0.806. The third-order valence-electron chi connectivity index (χ3n) is 1.52. The number of urea groups is 1. The fraction of sp³-hybridized carbons (Fsp3) is 0. The first-order valence-corrected chi connectivity index (χ1v) is 4.87. The van der Waals surface area contributed by atoms with Crippen LogP contribution in [-0.2, 0) is 0 Å². The highest BCUT2D eigenvalue weighted by molar-refractivity contribution is 7.10. The van der Waals surface area contributed by atoms with Gasteiger partial charge in [-0.3, -0.25) is 10.3 Å². The highest BCUT2D eigenvalue weighted by Gasteiger charge is 2.03. The molecule has 2 aromatic heterocycles. The molecule has 0 saturated heterocycles. The maximum atomic E-state index is 11.4. The molecule has 76 valence electrons. The average Bonchev–Trinajstić information content (AvgIpc) is 2.71. The first-order chi connectivity index (χ1) is 7.34. The van der Waals surface area contributed by atoms with Gasteiger partial charge in [0.05, 0.1) is 18.1 Å². The van der Waals surface area contributed by atoms with Gasteiger partial charge < -0.3 is 5.32 Å². The summed E-state index contributed by atoms with van der Waals surface area (Å²) in [6.45, 7) is 0. The van der Waals surface area contributed by atoms with Crippen molar-refractivity contribution in [2.24, 2.45) is 0 Å². The van der Waals surface area contributed by atoms with Gasteiger partial charge in [-0.2, -0.15) is 0 Å². The number of anilines is 2. The molecule has 15 heavy (non-hydrogen) atoms. The zero-order chi connectivity index (χ0) is 10.5. The molecule has 0 aliphatic heterocycles. The maximum absolute atomic E-state index is 11.4. The minimum Gasteiger partial charge on any atom is -0.306 e. The molecule has 7 heteroatoms. The highest BCUT2D eigenvalue weighted by Crippen LogP contribution is 2.10. The fourth-order valence-electron chi connectivity index (χ4n) is 0.933. The predicted molar refractivity (Wildman–Crippen MR) is 56.8 cm³/mol. The molecule has 0 fully saturated rings. The second-order valence-electron chi connectivity index (χ2n) is 2.60. The number of hydrogen-bond donors (Lipinski definition) is 2. The molecule has 0 bridgehead atoms. The number of nitrogens with one attached hydrogen (secondary N) is 2. The summed E-state index contributed by atoms with van der Waals surface area (Å²) in [5.74, 6) is 0. The molecule has 2 N–H and O–H groups in total. The van der Waals surface area contributed by atoms with E-state index in [0.717, 1.165) is 11.5 Å². The van der Waals surface area contributed by atoms with Crippen molar-refractivity contribution >= 4 is 28.3 Å². The first kappa shape index (κ1) is 9.53. The van der Waals surface area contributed by atoms with Crippen molar-refractivity contribution in [3.63, 3.8) is 0 Å². The van der Waals surface area contributed by atoms with E-state index in [2.05, 4.69) is 25.2 Å². The van der Waals surface area contributed by atoms with Gasteiger partial charge in [0, 0.05) is 17.7 Å². The Kier molecular flexibility index (Phi) is 2.84. The van der Waals surface area contributed by atoms with Crippen LogP contribution in [0.15, 0.2) is 30.7 Å². The SMILES string of the molecule is O=C(Nc1cccnc1)Nc1cnns1. The lowest BCUT2D eigenvalue weighted by molar-refractivity contribution is 0.262. The molecular formula is C8H7N5OS. The van der Waals surface area contributed by atoms with Crippen LogP contribution in [0.25, 0.3) is 0 Å². The molecule has 0 spiro atoms. The Labute approximate surface area is 89.5 Å². The smallest absolute Gasteiger partial charge is 0.306 e. The zero-order valence-corrected chi connectivity index (χ0v) is 8.36. The highest BCUT2D eigenvalue weighted by atomic mass is 32.1. The molecule has 2 heterocycles. The Morgan fingerprint density at radius 2 is 2.27 bits per heavy atom. The summed E-state index contributed by atoms with van der Waals surface area (Å²) >= 11 is 1.11. The van der Waals surface area contributed by atoms with E-state index in [-0.39, 0.29) is 6.03 Å². The van der Waals surface area contributed by atoms with Gasteiger partial charge in [0.2, 0.25) is 0 Å². The summed E-state index contributed by atoms with van der Waals surface area (Å²) < 4.78 is 3.62. The van der Waals surface area contributed by atoms with E-state index in [1.54, 1.807) is 24.5 Å². The Morgan fingerprint density at radius 3 is 2.93 bits per heavy atom. The van der Waals surface area contributed by atoms with E-state index in [9.17, 15) is 4.79 Å². The van der Waals surface area contributed by atoms with Gasteiger partial charge in [-0.25, -0.2) is 4.79 Å². The summed E-state index contributed by atoms with van der Waals surface area (Å²) in [6, 6.07) is 3.15. The van der Waals surface area contributed by atoms with Crippen LogP contribution >= 0.6 is 11.5 Å². The van der Waals surface area contributed by atoms with E-state index >= 15 is 0 Å². The number of hydrogen-bond acceptors (Lipinski definition) is 5. The summed E-state index contributed by atoms with van der Waals surface area (Å²) in [7, 11) is 0. The normalized spacial score (nSPS) is 9.60. The van der Waals surface area contributed by atoms with E-state index in [1.165, 1.54) is 6.20 Å². The Bertz CT molecular complexity index is 430. The van der Waals surface area contributed by atoms with E-state index in [4.69, 9.17) is 0 Å². The first-order valence-electron chi connectivity index (χ1n) is 4.10. The largest absolute Gasteiger partial charge is 0.324 e. The molecule has 2 aromatic rings. The third kappa shape index (κ3) is 2.71. The van der Waals surface area contributed by atoms with Gasteiger partial charge in [-0.1, -0.05) is 4.49 Å². The number of carbonyl (C=O) groups excluding carboxylic acids is 1. The fourth-order valence-corrected chi connectivity index (χ4v) is 1.35. The van der Waals surface area contributed by atoms with Crippen molar-refractivity contribution in [3.05, 3.63) is 30.7 Å². The molecule has 6 nitrogen and oxygen atoms in total. The van der Waals surface area contributed by atoms with Crippen LogP contribution in [0.1, 0.15) is 0 Å². The lowest BCUT2D eigenvalue weighted by Gasteiger charge is -2.03. The Balaban J connectivity index is 1.94. The summed E-state index contributed by atoms with van der Waals surface area (Å²) in [5.41, 5.74) is 0.632. The molecule has 0 saturated carbocycles. The van der Waals surface area contributed by atoms with Crippen molar-refractivity contribution in [1.82, 2.24) is 14.6 Å². The van der Waals surface area contributed by atoms with E-state index in [0.29, 0.717) is 10.7 Å². The lowest BCUT2D eigenvalue weighted by Crippen LogP contribution is -2.18. The monoisotopic (exact) mass is 221 g/mol. The van der Waals surface area contributed by atoms with Crippen molar-refractivity contribution in [2.75, 3.05) is 10.6 Å². The molecule has 0 aliphatic rings. The van der Waals surface area contributed by atoms with Crippen LogP contribution in [0.5, 0.6) is 0 Å². The van der Waals surface area contributed by atoms with Gasteiger partial charge in [-0.15, -0.1) is 5.10 Å². The average molecular weight is 221 g/mol. The Morgan fingerprint density at radius 1 is 1.33 bits per heavy atom. The minimum atomic E-state index is -0.339. The van der Waals surface area contributed by atoms with Crippen LogP contribution in [0, 0.1) is 0 Å². The van der Waals surface area contributed by atoms with Crippen molar-refractivity contribution < 1.29 is 4.79 Å². The molecule has 2 amide bonds. The van der Waals surface area contributed by atoms with Gasteiger partial charge in [0.1, 0.15) is 5.00 Å². The molecule has 0 unspecified atom stereocenters. The number of amides is 2. The molecular weight excluding hydrogens is 214 g/mol. The minimum absolute atomic E-state index is 0.339. The number of carbonyl (C=O) groups is 1. The van der Waals surface area contributed by atoms with Crippen LogP contribution in [-0.4, -0.2) is 20.6 Å². The van der Waals surface area contributed by atoms with Crippen molar-refractivity contribution in [3.8, 4) is 0 Å². The van der Waals surface area contributed by atoms with Crippen LogP contribution < -0.4 is 10.6 Å². The van der Waals surface area contributed by atoms with Crippen LogP contribution in [0.2, 0.25) is 0 Å². The van der Waals surface area contributed by atoms with Crippen molar-refractivity contribution in [2.45, 2.75) is 0 Å². The maximum Gasteiger partial charge on any atom is 0.324 e. The number of pyridine rings is 1. The number of aromatic nitrogens is 3. The van der Waals surface area contributed by atoms with Crippen LogP contribution in [0.4, 0.5) is 15.5 Å². The molecule has 0 aliphatic carbocycles. The standard InChI is InChI=1S/C8H7N5OS/c14-8(12-7-5-10-13-15-7)11-6-2-1-3-9-4-6/h1-5H,(H2,11,12,14). The van der Waals surface area contributed by atoms with E-state index in [1.807, 2.05) is 0 Å². The lowest BCUT2D eigenvalue weighted by atomic mass is 10.4.